The molecular weight excluding hydrogens is 360 g/mol. The van der Waals surface area contributed by atoms with Crippen LogP contribution in [0.2, 0.25) is 5.02 Å². The summed E-state index contributed by atoms with van der Waals surface area (Å²) in [7, 11) is -3.41. The molecule has 130 valence electrons. The van der Waals surface area contributed by atoms with E-state index in [9.17, 15) is 8.42 Å². The summed E-state index contributed by atoms with van der Waals surface area (Å²) in [6.07, 6.45) is 0.455. The number of nitrogens with zero attached hydrogens (tertiary/aromatic N) is 1. The zero-order chi connectivity index (χ0) is 17.7. The molecule has 3 rings (SSSR count). The molecule has 7 heteroatoms. The maximum atomic E-state index is 12.1. The molecule has 0 spiro atoms. The molecule has 0 aliphatic carbocycles. The molecule has 0 aliphatic heterocycles. The molecule has 0 atom stereocenters. The zero-order valence-electron chi connectivity index (χ0n) is 13.4. The maximum absolute atomic E-state index is 12.1. The third kappa shape index (κ3) is 5.16. The third-order valence-corrected chi connectivity index (χ3v) is 5.20. The van der Waals surface area contributed by atoms with Gasteiger partial charge in [0, 0.05) is 29.6 Å². The number of rotatable bonds is 7. The van der Waals surface area contributed by atoms with E-state index >= 15 is 0 Å². The second-order valence-electron chi connectivity index (χ2n) is 5.58. The topological polar surface area (TPSA) is 72.2 Å². The SMILES string of the molecule is O=S(=O)(Cc1ccc(Cl)cc1)NCCc1cc(-c2ccccc2)on1. The molecule has 1 aromatic heterocycles. The normalized spacial score (nSPS) is 11.6. The van der Waals surface area contributed by atoms with Gasteiger partial charge in [-0.05, 0) is 17.7 Å². The van der Waals surface area contributed by atoms with Crippen LogP contribution in [-0.4, -0.2) is 20.1 Å². The zero-order valence-corrected chi connectivity index (χ0v) is 14.9. The number of halogens is 1. The quantitative estimate of drug-likeness (QED) is 0.683. The molecule has 25 heavy (non-hydrogen) atoms. The molecule has 5 nitrogen and oxygen atoms in total. The summed E-state index contributed by atoms with van der Waals surface area (Å²) in [5, 5.41) is 4.56. The molecule has 1 heterocycles. The van der Waals surface area contributed by atoms with Crippen LogP contribution in [0.3, 0.4) is 0 Å². The van der Waals surface area contributed by atoms with Crippen molar-refractivity contribution >= 4 is 21.6 Å². The largest absolute Gasteiger partial charge is 0.356 e. The van der Waals surface area contributed by atoms with Crippen molar-refractivity contribution in [3.8, 4) is 11.3 Å². The standard InChI is InChI=1S/C18H17ClN2O3S/c19-16-8-6-14(7-9-16)13-25(22,23)20-11-10-17-12-18(24-21-17)15-4-2-1-3-5-15/h1-9,12,20H,10-11,13H2. The van der Waals surface area contributed by atoms with Gasteiger partial charge in [0.1, 0.15) is 0 Å². The van der Waals surface area contributed by atoms with E-state index in [1.807, 2.05) is 36.4 Å². The van der Waals surface area contributed by atoms with Crippen molar-refractivity contribution in [1.29, 1.82) is 0 Å². The fourth-order valence-electron chi connectivity index (χ4n) is 2.35. The Morgan fingerprint density at radius 1 is 1.04 bits per heavy atom. The number of hydrogen-bond donors (Lipinski definition) is 1. The molecule has 0 unspecified atom stereocenters. The molecule has 1 N–H and O–H groups in total. The van der Waals surface area contributed by atoms with Crippen LogP contribution in [-0.2, 0) is 22.2 Å². The highest BCUT2D eigenvalue weighted by molar-refractivity contribution is 7.88. The Morgan fingerprint density at radius 2 is 1.76 bits per heavy atom. The van der Waals surface area contributed by atoms with Gasteiger partial charge in [-0.2, -0.15) is 0 Å². The van der Waals surface area contributed by atoms with Gasteiger partial charge >= 0.3 is 0 Å². The van der Waals surface area contributed by atoms with Crippen molar-refractivity contribution in [2.24, 2.45) is 0 Å². The van der Waals surface area contributed by atoms with Crippen molar-refractivity contribution in [2.45, 2.75) is 12.2 Å². The molecular formula is C18H17ClN2O3S. The number of nitrogens with one attached hydrogen (secondary N) is 1. The van der Waals surface area contributed by atoms with Gasteiger partial charge < -0.3 is 4.52 Å². The predicted octanol–water partition coefficient (Wildman–Crippen LogP) is 3.66. The summed E-state index contributed by atoms with van der Waals surface area (Å²) in [6.45, 7) is 0.261. The summed E-state index contributed by atoms with van der Waals surface area (Å²) in [5.74, 6) is 0.581. The molecule has 0 saturated carbocycles. The van der Waals surface area contributed by atoms with Crippen molar-refractivity contribution in [1.82, 2.24) is 9.88 Å². The van der Waals surface area contributed by atoms with Gasteiger partial charge in [-0.15, -0.1) is 0 Å². The van der Waals surface area contributed by atoms with E-state index < -0.39 is 10.0 Å². The molecule has 0 fully saturated rings. The molecule has 0 radical (unpaired) electrons. The van der Waals surface area contributed by atoms with Crippen LogP contribution in [0, 0.1) is 0 Å². The van der Waals surface area contributed by atoms with E-state index in [-0.39, 0.29) is 12.3 Å². The Labute approximate surface area is 151 Å². The molecule has 0 aliphatic rings. The summed E-state index contributed by atoms with van der Waals surface area (Å²) in [5.41, 5.74) is 2.32. The summed E-state index contributed by atoms with van der Waals surface area (Å²) in [6, 6.07) is 18.2. The van der Waals surface area contributed by atoms with Crippen molar-refractivity contribution in [2.75, 3.05) is 6.54 Å². The van der Waals surface area contributed by atoms with Crippen molar-refractivity contribution in [3.63, 3.8) is 0 Å². The van der Waals surface area contributed by atoms with Gasteiger partial charge in [0.15, 0.2) is 5.76 Å². The fourth-order valence-corrected chi connectivity index (χ4v) is 3.63. The Hall–Kier alpha value is -2.15. The highest BCUT2D eigenvalue weighted by Crippen LogP contribution is 2.19. The lowest BCUT2D eigenvalue weighted by Crippen LogP contribution is -2.27. The van der Waals surface area contributed by atoms with Crippen LogP contribution in [0.1, 0.15) is 11.3 Å². The van der Waals surface area contributed by atoms with Crippen LogP contribution in [0.5, 0.6) is 0 Å². The highest BCUT2D eigenvalue weighted by Gasteiger charge is 2.12. The van der Waals surface area contributed by atoms with E-state index in [0.29, 0.717) is 28.5 Å². The minimum Gasteiger partial charge on any atom is -0.356 e. The first-order valence-electron chi connectivity index (χ1n) is 7.75. The monoisotopic (exact) mass is 376 g/mol. The smallest absolute Gasteiger partial charge is 0.215 e. The average Bonchev–Trinajstić information content (AvgIpc) is 3.06. The van der Waals surface area contributed by atoms with Crippen molar-refractivity contribution < 1.29 is 12.9 Å². The minimum absolute atomic E-state index is 0.0851. The third-order valence-electron chi connectivity index (χ3n) is 3.59. The van der Waals surface area contributed by atoms with Crippen LogP contribution in [0.15, 0.2) is 65.2 Å². The number of hydrogen-bond acceptors (Lipinski definition) is 4. The second-order valence-corrected chi connectivity index (χ2v) is 7.82. The second kappa shape index (κ2) is 7.82. The Balaban J connectivity index is 1.54. The first kappa shape index (κ1) is 17.7. The van der Waals surface area contributed by atoms with Crippen molar-refractivity contribution in [3.05, 3.63) is 76.9 Å². The van der Waals surface area contributed by atoms with E-state index in [1.54, 1.807) is 24.3 Å². The van der Waals surface area contributed by atoms with E-state index in [2.05, 4.69) is 9.88 Å². The Bertz CT molecular complexity index is 922. The van der Waals surface area contributed by atoms with Gasteiger partial charge in [-0.3, -0.25) is 0 Å². The predicted molar refractivity (Wildman–Crippen MR) is 97.7 cm³/mol. The van der Waals surface area contributed by atoms with E-state index in [4.69, 9.17) is 16.1 Å². The van der Waals surface area contributed by atoms with Gasteiger partial charge in [0.05, 0.1) is 11.4 Å². The van der Waals surface area contributed by atoms with E-state index in [1.165, 1.54) is 0 Å². The average molecular weight is 377 g/mol. The first-order valence-corrected chi connectivity index (χ1v) is 9.78. The minimum atomic E-state index is -3.41. The number of sulfonamides is 1. The van der Waals surface area contributed by atoms with E-state index in [0.717, 1.165) is 5.56 Å². The van der Waals surface area contributed by atoms with Crippen LogP contribution in [0.25, 0.3) is 11.3 Å². The molecule has 0 bridgehead atoms. The lowest BCUT2D eigenvalue weighted by molar-refractivity contribution is 0.423. The van der Waals surface area contributed by atoms with Gasteiger partial charge in [0.2, 0.25) is 10.0 Å². The number of aromatic nitrogens is 1. The maximum Gasteiger partial charge on any atom is 0.215 e. The Kier molecular flexibility index (Phi) is 5.53. The molecule has 0 saturated heterocycles. The fraction of sp³-hybridized carbons (Fsp3) is 0.167. The van der Waals surface area contributed by atoms with Gasteiger partial charge in [-0.1, -0.05) is 59.2 Å². The molecule has 0 amide bonds. The summed E-state index contributed by atoms with van der Waals surface area (Å²) in [4.78, 5) is 0. The van der Waals surface area contributed by atoms with Crippen LogP contribution < -0.4 is 4.72 Å². The lowest BCUT2D eigenvalue weighted by atomic mass is 10.1. The molecule has 2 aromatic carbocycles. The lowest BCUT2D eigenvalue weighted by Gasteiger charge is -2.06. The van der Waals surface area contributed by atoms with Gasteiger partial charge in [-0.25, -0.2) is 13.1 Å². The van der Waals surface area contributed by atoms with Crippen LogP contribution >= 0.6 is 11.6 Å². The Morgan fingerprint density at radius 3 is 2.48 bits per heavy atom. The van der Waals surface area contributed by atoms with Gasteiger partial charge in [0.25, 0.3) is 0 Å². The first-order chi connectivity index (χ1) is 12.0. The molecule has 3 aromatic rings. The summed E-state index contributed by atoms with van der Waals surface area (Å²) >= 11 is 5.80. The number of benzene rings is 2. The van der Waals surface area contributed by atoms with Crippen LogP contribution in [0.4, 0.5) is 0 Å². The summed E-state index contributed by atoms with van der Waals surface area (Å²) < 4.78 is 32.1. The highest BCUT2D eigenvalue weighted by atomic mass is 35.5.